The fourth-order valence-electron chi connectivity index (χ4n) is 5.26. The number of nitrogens with zero attached hydrogens (tertiary/aromatic N) is 3. The van der Waals surface area contributed by atoms with Gasteiger partial charge in [0.05, 0.1) is 6.54 Å². The highest BCUT2D eigenvalue weighted by Crippen LogP contribution is 2.28. The minimum Gasteiger partial charge on any atom is -0.309 e. The number of amides is 3. The van der Waals surface area contributed by atoms with Gasteiger partial charge in [-0.25, -0.2) is 5.01 Å². The lowest BCUT2D eigenvalue weighted by Gasteiger charge is -2.33. The fourth-order valence-corrected chi connectivity index (χ4v) is 5.26. The largest absolute Gasteiger partial charge is 0.309 e. The number of hydrazine groups is 1. The first-order chi connectivity index (χ1) is 16.6. The van der Waals surface area contributed by atoms with Crippen LogP contribution >= 0.6 is 0 Å². The summed E-state index contributed by atoms with van der Waals surface area (Å²) in [7, 11) is 0. The van der Waals surface area contributed by atoms with E-state index in [2.05, 4.69) is 40.5 Å². The molecule has 3 aliphatic rings. The second-order valence-electron chi connectivity index (χ2n) is 9.56. The molecule has 7 nitrogen and oxygen atoms in total. The number of nitrogens with one attached hydrogen (secondary N) is 1. The number of hydrogen-bond acceptors (Lipinski definition) is 5. The Morgan fingerprint density at radius 1 is 0.912 bits per heavy atom. The number of carbonyl (C=O) groups excluding carboxylic acids is 3. The molecule has 5 rings (SSSR count). The third-order valence-electron chi connectivity index (χ3n) is 7.11. The molecule has 2 aromatic rings. The molecule has 1 atom stereocenters. The molecule has 3 heterocycles. The lowest BCUT2D eigenvalue weighted by molar-refractivity contribution is -0.163. The molecule has 34 heavy (non-hydrogen) atoms. The quantitative estimate of drug-likeness (QED) is 0.644. The number of imide groups is 1. The summed E-state index contributed by atoms with van der Waals surface area (Å²) in [5.41, 5.74) is 3.96. The first kappa shape index (κ1) is 22.7. The van der Waals surface area contributed by atoms with Crippen LogP contribution in [0.15, 0.2) is 48.5 Å². The number of hydrogen-bond donors (Lipinski definition) is 1. The molecule has 178 valence electrons. The van der Waals surface area contributed by atoms with Gasteiger partial charge >= 0.3 is 0 Å². The Morgan fingerprint density at radius 2 is 1.71 bits per heavy atom. The van der Waals surface area contributed by atoms with Gasteiger partial charge in [-0.15, -0.1) is 0 Å². The highest BCUT2D eigenvalue weighted by molar-refractivity contribution is 6.04. The fraction of sp³-hybridized carbons (Fsp3) is 0.444. The maximum absolute atomic E-state index is 12.9. The van der Waals surface area contributed by atoms with Crippen molar-refractivity contribution in [2.75, 3.05) is 19.6 Å². The Labute approximate surface area is 200 Å². The molecule has 0 unspecified atom stereocenters. The second kappa shape index (κ2) is 10.1. The van der Waals surface area contributed by atoms with Gasteiger partial charge in [-0.3, -0.25) is 14.4 Å². The maximum Gasteiger partial charge on any atom is 0.273 e. The van der Waals surface area contributed by atoms with Crippen LogP contribution in [0.2, 0.25) is 0 Å². The standard InChI is InChI=1S/C27H32N4O3/c32-25-9-4-10-26(33)31(25)30-18-22-16-21(11-12-24(22)27(30)34)17-28-23-8-5-14-29(19-23)15-13-20-6-2-1-3-7-20/h1-3,6-7,11-12,16,23,28H,4-5,8-10,13-15,17-19H2/t23-/m1/s1. The van der Waals surface area contributed by atoms with E-state index in [0.717, 1.165) is 55.2 Å². The van der Waals surface area contributed by atoms with Crippen molar-refractivity contribution in [2.45, 2.75) is 57.7 Å². The van der Waals surface area contributed by atoms with Crippen molar-refractivity contribution < 1.29 is 14.4 Å². The van der Waals surface area contributed by atoms with Crippen molar-refractivity contribution in [3.63, 3.8) is 0 Å². The van der Waals surface area contributed by atoms with E-state index in [1.807, 2.05) is 18.2 Å². The van der Waals surface area contributed by atoms with Crippen LogP contribution in [0.3, 0.4) is 0 Å². The number of benzene rings is 2. The van der Waals surface area contributed by atoms with Gasteiger partial charge in [-0.1, -0.05) is 42.5 Å². The molecule has 0 aliphatic carbocycles. The number of fused-ring (bicyclic) bond motifs is 1. The van der Waals surface area contributed by atoms with Crippen LogP contribution in [0.5, 0.6) is 0 Å². The zero-order valence-corrected chi connectivity index (χ0v) is 19.5. The summed E-state index contributed by atoms with van der Waals surface area (Å²) in [6.07, 6.45) is 4.61. The van der Waals surface area contributed by atoms with E-state index < -0.39 is 0 Å². The molecule has 1 N–H and O–H groups in total. The van der Waals surface area contributed by atoms with Gasteiger partial charge in [0.25, 0.3) is 5.91 Å². The van der Waals surface area contributed by atoms with E-state index in [1.165, 1.54) is 17.0 Å². The zero-order valence-electron chi connectivity index (χ0n) is 19.5. The van der Waals surface area contributed by atoms with Crippen LogP contribution in [0.1, 0.15) is 59.2 Å². The van der Waals surface area contributed by atoms with Crippen LogP contribution in [-0.2, 0) is 29.1 Å². The van der Waals surface area contributed by atoms with Crippen molar-refractivity contribution in [1.82, 2.24) is 20.2 Å². The van der Waals surface area contributed by atoms with Crippen LogP contribution in [-0.4, -0.2) is 58.3 Å². The average Bonchev–Trinajstić information content (AvgIpc) is 3.17. The molecule has 0 saturated carbocycles. The molecule has 2 fully saturated rings. The predicted octanol–water partition coefficient (Wildman–Crippen LogP) is 2.89. The average molecular weight is 461 g/mol. The topological polar surface area (TPSA) is 73.0 Å². The first-order valence-electron chi connectivity index (χ1n) is 12.4. The van der Waals surface area contributed by atoms with E-state index in [9.17, 15) is 14.4 Å². The van der Waals surface area contributed by atoms with Crippen LogP contribution < -0.4 is 5.32 Å². The zero-order chi connectivity index (χ0) is 23.5. The first-order valence-corrected chi connectivity index (χ1v) is 12.4. The maximum atomic E-state index is 12.9. The molecule has 3 aliphatic heterocycles. The minimum atomic E-state index is -0.284. The summed E-state index contributed by atoms with van der Waals surface area (Å²) in [5.74, 6) is -0.832. The summed E-state index contributed by atoms with van der Waals surface area (Å²) in [4.78, 5) is 40.0. The molecule has 0 spiro atoms. The molecule has 2 aromatic carbocycles. The predicted molar refractivity (Wildman–Crippen MR) is 128 cm³/mol. The molecule has 0 radical (unpaired) electrons. The lowest BCUT2D eigenvalue weighted by atomic mass is 10.0. The van der Waals surface area contributed by atoms with E-state index >= 15 is 0 Å². The molecule has 3 amide bonds. The van der Waals surface area contributed by atoms with Crippen molar-refractivity contribution in [2.24, 2.45) is 0 Å². The van der Waals surface area contributed by atoms with Gasteiger partial charge in [0.15, 0.2) is 0 Å². The summed E-state index contributed by atoms with van der Waals surface area (Å²) < 4.78 is 0. The number of piperidine rings is 2. The van der Waals surface area contributed by atoms with Crippen molar-refractivity contribution >= 4 is 17.7 Å². The molecule has 0 aromatic heterocycles. The Hall–Kier alpha value is -3.03. The summed E-state index contributed by atoms with van der Waals surface area (Å²) in [6, 6.07) is 16.9. The van der Waals surface area contributed by atoms with Crippen molar-refractivity contribution in [1.29, 1.82) is 0 Å². The molecule has 7 heteroatoms. The molecule has 0 bridgehead atoms. The highest BCUT2D eigenvalue weighted by Gasteiger charge is 2.39. The van der Waals surface area contributed by atoms with Gasteiger partial charge in [0.2, 0.25) is 11.8 Å². The van der Waals surface area contributed by atoms with E-state index in [-0.39, 0.29) is 24.3 Å². The van der Waals surface area contributed by atoms with E-state index in [1.54, 1.807) is 0 Å². The Kier molecular flexibility index (Phi) is 6.74. The summed E-state index contributed by atoms with van der Waals surface area (Å²) in [5, 5.41) is 6.08. The third-order valence-corrected chi connectivity index (χ3v) is 7.11. The highest BCUT2D eigenvalue weighted by atomic mass is 16.2. The molecular formula is C27H32N4O3. The summed E-state index contributed by atoms with van der Waals surface area (Å²) in [6.45, 7) is 4.28. The SMILES string of the molecule is O=C1c2ccc(CN[C@@H]3CCCN(CCc4ccccc4)C3)cc2CN1N1C(=O)CCCC1=O. The van der Waals surface area contributed by atoms with Gasteiger partial charge in [0.1, 0.15) is 0 Å². The van der Waals surface area contributed by atoms with Gasteiger partial charge in [0, 0.05) is 44.1 Å². The van der Waals surface area contributed by atoms with E-state index in [4.69, 9.17) is 0 Å². The smallest absolute Gasteiger partial charge is 0.273 e. The minimum absolute atomic E-state index is 0.264. The Balaban J connectivity index is 1.16. The van der Waals surface area contributed by atoms with Crippen LogP contribution in [0, 0.1) is 0 Å². The molecular weight excluding hydrogens is 428 g/mol. The Bertz CT molecular complexity index is 1050. The monoisotopic (exact) mass is 460 g/mol. The number of carbonyl (C=O) groups is 3. The number of likely N-dealkylation sites (tertiary alicyclic amines) is 1. The van der Waals surface area contributed by atoms with Crippen molar-refractivity contribution in [3.8, 4) is 0 Å². The van der Waals surface area contributed by atoms with Gasteiger partial charge in [-0.05, 0) is 55.0 Å². The van der Waals surface area contributed by atoms with Crippen LogP contribution in [0.25, 0.3) is 0 Å². The van der Waals surface area contributed by atoms with E-state index in [0.29, 0.717) is 30.9 Å². The normalized spacial score (nSPS) is 21.3. The van der Waals surface area contributed by atoms with Crippen LogP contribution in [0.4, 0.5) is 0 Å². The third kappa shape index (κ3) is 4.91. The van der Waals surface area contributed by atoms with Gasteiger partial charge in [-0.2, -0.15) is 5.01 Å². The van der Waals surface area contributed by atoms with Crippen molar-refractivity contribution in [3.05, 3.63) is 70.8 Å². The summed E-state index contributed by atoms with van der Waals surface area (Å²) >= 11 is 0. The lowest BCUT2D eigenvalue weighted by Crippen LogP contribution is -2.51. The van der Waals surface area contributed by atoms with Gasteiger partial charge < -0.3 is 10.2 Å². The Morgan fingerprint density at radius 3 is 2.50 bits per heavy atom. The molecule has 2 saturated heterocycles. The number of rotatable bonds is 7. The second-order valence-corrected chi connectivity index (χ2v) is 9.56.